The summed E-state index contributed by atoms with van der Waals surface area (Å²) < 4.78 is 0. The summed E-state index contributed by atoms with van der Waals surface area (Å²) >= 11 is 0. The molecule has 1 aromatic rings. The van der Waals surface area contributed by atoms with Crippen LogP contribution in [-0.4, -0.2) is 30.4 Å². The fraction of sp³-hybridized carbons (Fsp3) is 0.650. The Kier molecular flexibility index (Phi) is 5.37. The molecule has 1 amide bonds. The minimum Gasteiger partial charge on any atom is -0.336 e. The summed E-state index contributed by atoms with van der Waals surface area (Å²) in [6, 6.07) is 6.82. The number of likely N-dealkylation sites (tertiary alicyclic amines) is 1. The summed E-state index contributed by atoms with van der Waals surface area (Å²) in [6.45, 7) is 7.51. The van der Waals surface area contributed by atoms with Crippen molar-refractivity contribution in [1.82, 2.24) is 10.2 Å². The number of nitrogens with zero attached hydrogens (tertiary/aromatic N) is 1. The van der Waals surface area contributed by atoms with E-state index in [1.807, 2.05) is 0 Å². The van der Waals surface area contributed by atoms with Gasteiger partial charge in [-0.05, 0) is 81.6 Å². The van der Waals surface area contributed by atoms with Crippen LogP contribution in [0.15, 0.2) is 18.2 Å². The lowest BCUT2D eigenvalue weighted by molar-refractivity contribution is -0.135. The average Bonchev–Trinajstić information content (AvgIpc) is 3.09. The predicted octanol–water partition coefficient (Wildman–Crippen LogP) is 3.75. The molecule has 0 spiro atoms. The molecule has 2 atom stereocenters. The van der Waals surface area contributed by atoms with Crippen LogP contribution < -0.4 is 5.32 Å². The number of aryl methyl sites for hydroxylation is 1. The average molecular weight is 314 g/mol. The number of benzene rings is 1. The predicted molar refractivity (Wildman–Crippen MR) is 94.4 cm³/mol. The van der Waals surface area contributed by atoms with E-state index in [2.05, 4.69) is 42.3 Å². The largest absolute Gasteiger partial charge is 0.336 e. The monoisotopic (exact) mass is 314 g/mol. The van der Waals surface area contributed by atoms with Gasteiger partial charge in [-0.2, -0.15) is 0 Å². The van der Waals surface area contributed by atoms with Gasteiger partial charge >= 0.3 is 0 Å². The number of amides is 1. The highest BCUT2D eigenvalue weighted by molar-refractivity contribution is 5.77. The van der Waals surface area contributed by atoms with Gasteiger partial charge in [0, 0.05) is 13.0 Å². The molecule has 0 aromatic heterocycles. The first kappa shape index (κ1) is 16.5. The van der Waals surface area contributed by atoms with Crippen molar-refractivity contribution in [1.29, 1.82) is 0 Å². The van der Waals surface area contributed by atoms with Gasteiger partial charge in [0.2, 0.25) is 5.91 Å². The quantitative estimate of drug-likeness (QED) is 0.918. The molecule has 2 heterocycles. The number of hydrogen-bond donors (Lipinski definition) is 1. The number of carbonyl (C=O) groups is 1. The second kappa shape index (κ2) is 7.48. The van der Waals surface area contributed by atoms with Gasteiger partial charge in [-0.1, -0.05) is 18.2 Å². The third-order valence-corrected chi connectivity index (χ3v) is 5.76. The van der Waals surface area contributed by atoms with Crippen molar-refractivity contribution in [3.05, 3.63) is 34.9 Å². The highest BCUT2D eigenvalue weighted by Gasteiger charge is 2.29. The van der Waals surface area contributed by atoms with E-state index >= 15 is 0 Å². The van der Waals surface area contributed by atoms with Crippen LogP contribution >= 0.6 is 0 Å². The lowest BCUT2D eigenvalue weighted by atomic mass is 9.90. The van der Waals surface area contributed by atoms with Crippen molar-refractivity contribution in [2.45, 2.75) is 58.4 Å². The number of hydrogen-bond acceptors (Lipinski definition) is 2. The Hall–Kier alpha value is -1.35. The lowest BCUT2D eigenvalue weighted by Gasteiger charge is -2.37. The molecule has 0 bridgehead atoms. The Bertz CT molecular complexity index is 549. The minimum absolute atomic E-state index is 0.290. The fourth-order valence-electron chi connectivity index (χ4n) is 4.12. The molecule has 126 valence electrons. The van der Waals surface area contributed by atoms with Crippen molar-refractivity contribution >= 4 is 5.91 Å². The zero-order valence-electron chi connectivity index (χ0n) is 14.6. The number of piperidine rings is 1. The molecule has 0 aliphatic carbocycles. The van der Waals surface area contributed by atoms with Crippen molar-refractivity contribution in [3.8, 4) is 0 Å². The van der Waals surface area contributed by atoms with Gasteiger partial charge in [-0.25, -0.2) is 0 Å². The first-order chi connectivity index (χ1) is 11.2. The SMILES string of the molecule is Cc1cccc(C2CCCCN2C(=O)CCC2CCNC2)c1C. The standard InChI is InChI=1S/C20H30N2O/c1-15-6-5-7-18(16(15)2)19-8-3-4-13-22(19)20(23)10-9-17-11-12-21-14-17/h5-7,17,19,21H,3-4,8-14H2,1-2H3. The van der Waals surface area contributed by atoms with Crippen LogP contribution in [0, 0.1) is 19.8 Å². The fourth-order valence-corrected chi connectivity index (χ4v) is 4.12. The van der Waals surface area contributed by atoms with E-state index in [9.17, 15) is 4.79 Å². The van der Waals surface area contributed by atoms with Crippen LogP contribution in [0.5, 0.6) is 0 Å². The summed E-state index contributed by atoms with van der Waals surface area (Å²) in [5, 5.41) is 3.40. The molecule has 2 fully saturated rings. The Morgan fingerprint density at radius 3 is 2.91 bits per heavy atom. The Balaban J connectivity index is 1.70. The molecule has 3 heteroatoms. The lowest BCUT2D eigenvalue weighted by Crippen LogP contribution is -2.39. The van der Waals surface area contributed by atoms with E-state index < -0.39 is 0 Å². The van der Waals surface area contributed by atoms with Crippen LogP contribution in [0.3, 0.4) is 0 Å². The molecule has 3 nitrogen and oxygen atoms in total. The maximum absolute atomic E-state index is 12.8. The van der Waals surface area contributed by atoms with Crippen LogP contribution in [0.25, 0.3) is 0 Å². The normalized spacial score (nSPS) is 24.9. The first-order valence-corrected chi connectivity index (χ1v) is 9.23. The van der Waals surface area contributed by atoms with Crippen LogP contribution in [0.4, 0.5) is 0 Å². The van der Waals surface area contributed by atoms with Gasteiger partial charge in [0.15, 0.2) is 0 Å². The molecule has 0 saturated carbocycles. The minimum atomic E-state index is 0.290. The highest BCUT2D eigenvalue weighted by Crippen LogP contribution is 2.34. The second-order valence-corrected chi connectivity index (χ2v) is 7.29. The molecular formula is C20H30N2O. The van der Waals surface area contributed by atoms with Crippen LogP contribution in [0.2, 0.25) is 0 Å². The first-order valence-electron chi connectivity index (χ1n) is 9.23. The van der Waals surface area contributed by atoms with E-state index in [1.165, 1.54) is 29.5 Å². The number of rotatable bonds is 4. The van der Waals surface area contributed by atoms with E-state index in [-0.39, 0.29) is 6.04 Å². The molecule has 2 aliphatic heterocycles. The second-order valence-electron chi connectivity index (χ2n) is 7.29. The van der Waals surface area contributed by atoms with Crippen molar-refractivity contribution < 1.29 is 4.79 Å². The van der Waals surface area contributed by atoms with Gasteiger partial charge in [0.25, 0.3) is 0 Å². The molecule has 3 rings (SSSR count). The van der Waals surface area contributed by atoms with Gasteiger partial charge in [0.1, 0.15) is 0 Å². The smallest absolute Gasteiger partial charge is 0.223 e. The van der Waals surface area contributed by atoms with Gasteiger partial charge in [-0.15, -0.1) is 0 Å². The summed E-state index contributed by atoms with van der Waals surface area (Å²) in [5.41, 5.74) is 4.05. The third kappa shape index (κ3) is 3.77. The van der Waals surface area contributed by atoms with Gasteiger partial charge < -0.3 is 10.2 Å². The van der Waals surface area contributed by atoms with Crippen molar-refractivity contribution in [2.75, 3.05) is 19.6 Å². The molecule has 2 unspecified atom stereocenters. The maximum atomic E-state index is 12.8. The summed E-state index contributed by atoms with van der Waals surface area (Å²) in [6.07, 6.45) is 6.48. The van der Waals surface area contributed by atoms with Gasteiger partial charge in [0.05, 0.1) is 6.04 Å². The molecule has 2 aliphatic rings. The van der Waals surface area contributed by atoms with E-state index in [4.69, 9.17) is 0 Å². The molecule has 1 N–H and O–H groups in total. The molecule has 1 aromatic carbocycles. The Morgan fingerprint density at radius 2 is 2.13 bits per heavy atom. The number of nitrogens with one attached hydrogen (secondary N) is 1. The van der Waals surface area contributed by atoms with Crippen LogP contribution in [-0.2, 0) is 4.79 Å². The zero-order valence-corrected chi connectivity index (χ0v) is 14.6. The van der Waals surface area contributed by atoms with Crippen molar-refractivity contribution in [3.63, 3.8) is 0 Å². The van der Waals surface area contributed by atoms with Crippen LogP contribution in [0.1, 0.15) is 61.3 Å². The van der Waals surface area contributed by atoms with E-state index in [0.29, 0.717) is 18.2 Å². The zero-order chi connectivity index (χ0) is 16.2. The summed E-state index contributed by atoms with van der Waals surface area (Å²) in [5.74, 6) is 1.06. The molecule has 2 saturated heterocycles. The van der Waals surface area contributed by atoms with E-state index in [0.717, 1.165) is 38.9 Å². The Labute approximate surface area is 140 Å². The third-order valence-electron chi connectivity index (χ3n) is 5.76. The van der Waals surface area contributed by atoms with E-state index in [1.54, 1.807) is 0 Å². The maximum Gasteiger partial charge on any atom is 0.223 e. The molecule has 0 radical (unpaired) electrons. The molecular weight excluding hydrogens is 284 g/mol. The topological polar surface area (TPSA) is 32.3 Å². The van der Waals surface area contributed by atoms with Gasteiger partial charge in [-0.3, -0.25) is 4.79 Å². The summed E-state index contributed by atoms with van der Waals surface area (Å²) in [4.78, 5) is 15.0. The highest BCUT2D eigenvalue weighted by atomic mass is 16.2. The Morgan fingerprint density at radius 1 is 1.26 bits per heavy atom. The number of carbonyl (C=O) groups excluding carboxylic acids is 1. The van der Waals surface area contributed by atoms with Crippen molar-refractivity contribution in [2.24, 2.45) is 5.92 Å². The molecule has 23 heavy (non-hydrogen) atoms. The summed E-state index contributed by atoms with van der Waals surface area (Å²) in [7, 11) is 0.